The van der Waals surface area contributed by atoms with E-state index in [1.54, 1.807) is 23.7 Å². The summed E-state index contributed by atoms with van der Waals surface area (Å²) in [7, 11) is 0. The molecule has 3 rings (SSSR count). The molecule has 2 nitrogen and oxygen atoms in total. The smallest absolute Gasteiger partial charge is 0.124 e. The number of benzene rings is 1. The van der Waals surface area contributed by atoms with Gasteiger partial charge in [0.15, 0.2) is 0 Å². The molecule has 0 spiro atoms. The van der Waals surface area contributed by atoms with Gasteiger partial charge in [-0.05, 0) is 18.2 Å². The highest BCUT2D eigenvalue weighted by atomic mass is 79.9. The number of thiazole rings is 1. The molecule has 0 bridgehead atoms. The van der Waals surface area contributed by atoms with Crippen molar-refractivity contribution in [3.05, 3.63) is 47.2 Å². The summed E-state index contributed by atoms with van der Waals surface area (Å²) in [6, 6.07) is 10.2. The van der Waals surface area contributed by atoms with E-state index in [1.165, 1.54) is 4.70 Å². The number of rotatable bonds is 1. The number of nitrogens with zero attached hydrogens (tertiary/aromatic N) is 2. The van der Waals surface area contributed by atoms with Crippen molar-refractivity contribution in [2.75, 3.05) is 0 Å². The molecule has 78 valence electrons. The van der Waals surface area contributed by atoms with Crippen LogP contribution in [-0.2, 0) is 0 Å². The number of fused-ring (bicyclic) bond motifs is 1. The quantitative estimate of drug-likeness (QED) is 0.674. The van der Waals surface area contributed by atoms with Gasteiger partial charge >= 0.3 is 0 Å². The molecule has 0 aliphatic rings. The maximum atomic E-state index is 4.55. The Bertz CT molecular complexity index is 598. The first-order valence-electron chi connectivity index (χ1n) is 4.79. The van der Waals surface area contributed by atoms with Crippen molar-refractivity contribution in [2.45, 2.75) is 0 Å². The van der Waals surface area contributed by atoms with Gasteiger partial charge in [-0.15, -0.1) is 11.3 Å². The van der Waals surface area contributed by atoms with E-state index in [-0.39, 0.29) is 0 Å². The van der Waals surface area contributed by atoms with Crippen LogP contribution >= 0.6 is 27.3 Å². The molecule has 0 radical (unpaired) electrons. The van der Waals surface area contributed by atoms with Crippen molar-refractivity contribution in [1.29, 1.82) is 0 Å². The second kappa shape index (κ2) is 3.96. The van der Waals surface area contributed by atoms with Crippen LogP contribution in [0.2, 0.25) is 0 Å². The lowest BCUT2D eigenvalue weighted by Crippen LogP contribution is -1.75. The first-order chi connectivity index (χ1) is 7.83. The molecule has 4 heteroatoms. The summed E-state index contributed by atoms with van der Waals surface area (Å²) in [5, 5.41) is 1.04. The predicted molar refractivity (Wildman–Crippen MR) is 70.6 cm³/mol. The van der Waals surface area contributed by atoms with E-state index in [1.807, 2.05) is 18.2 Å². The predicted octanol–water partition coefficient (Wildman–Crippen LogP) is 4.12. The normalized spacial score (nSPS) is 10.8. The third kappa shape index (κ3) is 1.74. The Hall–Kier alpha value is -1.26. The summed E-state index contributed by atoms with van der Waals surface area (Å²) in [4.78, 5) is 8.62. The Morgan fingerprint density at radius 3 is 2.62 bits per heavy atom. The number of aromatic nitrogens is 2. The summed E-state index contributed by atoms with van der Waals surface area (Å²) in [5.74, 6) is 0. The molecule has 1 aromatic carbocycles. The average Bonchev–Trinajstić information content (AvgIpc) is 2.73. The van der Waals surface area contributed by atoms with Crippen LogP contribution in [0.15, 0.2) is 47.2 Å². The van der Waals surface area contributed by atoms with Crippen LogP contribution in [0.5, 0.6) is 0 Å². The summed E-state index contributed by atoms with van der Waals surface area (Å²) >= 11 is 5.12. The Labute approximate surface area is 105 Å². The first-order valence-corrected chi connectivity index (χ1v) is 6.40. The van der Waals surface area contributed by atoms with Crippen molar-refractivity contribution in [2.24, 2.45) is 0 Å². The largest absolute Gasteiger partial charge is 0.262 e. The van der Waals surface area contributed by atoms with E-state index < -0.39 is 0 Å². The third-order valence-corrected chi connectivity index (χ3v) is 3.90. The molecule has 0 N–H and O–H groups in total. The molecule has 0 unspecified atom stereocenters. The van der Waals surface area contributed by atoms with Crippen LogP contribution in [0.4, 0.5) is 0 Å². The topological polar surface area (TPSA) is 25.8 Å². The van der Waals surface area contributed by atoms with Crippen molar-refractivity contribution < 1.29 is 0 Å². The van der Waals surface area contributed by atoms with Crippen molar-refractivity contribution in [3.8, 4) is 10.6 Å². The monoisotopic (exact) mass is 290 g/mol. The van der Waals surface area contributed by atoms with Gasteiger partial charge in [0.2, 0.25) is 0 Å². The average molecular weight is 291 g/mol. The van der Waals surface area contributed by atoms with Crippen LogP contribution in [0.1, 0.15) is 0 Å². The number of pyridine rings is 1. The van der Waals surface area contributed by atoms with E-state index >= 15 is 0 Å². The fourth-order valence-corrected chi connectivity index (χ4v) is 2.70. The summed E-state index contributed by atoms with van der Waals surface area (Å²) in [5.41, 5.74) is 2.11. The minimum Gasteiger partial charge on any atom is -0.262 e. The van der Waals surface area contributed by atoms with Gasteiger partial charge in [-0.25, -0.2) is 4.98 Å². The molecule has 0 saturated carbocycles. The minimum absolute atomic E-state index is 0.963. The van der Waals surface area contributed by atoms with Gasteiger partial charge in [-0.2, -0.15) is 0 Å². The number of hydrogen-bond donors (Lipinski definition) is 0. The zero-order chi connectivity index (χ0) is 11.0. The molecule has 0 amide bonds. The van der Waals surface area contributed by atoms with E-state index in [4.69, 9.17) is 0 Å². The van der Waals surface area contributed by atoms with Crippen LogP contribution < -0.4 is 0 Å². The van der Waals surface area contributed by atoms with Gasteiger partial charge in [-0.3, -0.25) is 4.98 Å². The fourth-order valence-electron chi connectivity index (χ4n) is 1.50. The molecule has 3 aromatic rings. The highest BCUT2D eigenvalue weighted by Crippen LogP contribution is 2.29. The maximum absolute atomic E-state index is 4.55. The fraction of sp³-hybridized carbons (Fsp3) is 0. The van der Waals surface area contributed by atoms with Gasteiger partial charge in [0.1, 0.15) is 10.5 Å². The number of hydrogen-bond acceptors (Lipinski definition) is 3. The second-order valence-corrected chi connectivity index (χ2v) is 5.32. The van der Waals surface area contributed by atoms with Crippen molar-refractivity contribution >= 4 is 37.5 Å². The summed E-state index contributed by atoms with van der Waals surface area (Å²) in [6.07, 6.45) is 3.60. The molecule has 16 heavy (non-hydrogen) atoms. The minimum atomic E-state index is 0.963. The summed E-state index contributed by atoms with van der Waals surface area (Å²) < 4.78 is 2.26. The molecule has 0 atom stereocenters. The van der Waals surface area contributed by atoms with E-state index in [0.29, 0.717) is 0 Å². The van der Waals surface area contributed by atoms with Gasteiger partial charge in [-0.1, -0.05) is 28.1 Å². The Morgan fingerprint density at radius 2 is 1.88 bits per heavy atom. The Morgan fingerprint density at radius 1 is 1.06 bits per heavy atom. The standard InChI is InChI=1S/C12H7BrN2S/c13-9-3-1-8(2-4-9)12-15-10-7-14-6-5-11(10)16-12/h1-7H. The zero-order valence-corrected chi connectivity index (χ0v) is 10.6. The lowest BCUT2D eigenvalue weighted by molar-refractivity contribution is 1.34. The lowest BCUT2D eigenvalue weighted by Gasteiger charge is -1.94. The molecule has 0 aliphatic carbocycles. The Balaban J connectivity index is 2.15. The second-order valence-electron chi connectivity index (χ2n) is 3.37. The van der Waals surface area contributed by atoms with Crippen molar-refractivity contribution in [3.63, 3.8) is 0 Å². The molecule has 0 aliphatic heterocycles. The number of halogens is 1. The van der Waals surface area contributed by atoms with E-state index in [9.17, 15) is 0 Å². The SMILES string of the molecule is Brc1ccc(-c2nc3cnccc3s2)cc1. The Kier molecular flexibility index (Phi) is 2.46. The summed E-state index contributed by atoms with van der Waals surface area (Å²) in [6.45, 7) is 0. The van der Waals surface area contributed by atoms with Crippen molar-refractivity contribution in [1.82, 2.24) is 9.97 Å². The van der Waals surface area contributed by atoms with Gasteiger partial charge in [0.05, 0.1) is 10.9 Å². The van der Waals surface area contributed by atoms with Crippen LogP contribution in [0.25, 0.3) is 20.8 Å². The highest BCUT2D eigenvalue weighted by Gasteiger charge is 2.05. The lowest BCUT2D eigenvalue weighted by atomic mass is 10.2. The zero-order valence-electron chi connectivity index (χ0n) is 8.22. The highest BCUT2D eigenvalue weighted by molar-refractivity contribution is 9.10. The maximum Gasteiger partial charge on any atom is 0.124 e. The van der Waals surface area contributed by atoms with Crippen LogP contribution in [-0.4, -0.2) is 9.97 Å². The van der Waals surface area contributed by atoms with Crippen LogP contribution in [0.3, 0.4) is 0 Å². The van der Waals surface area contributed by atoms with Gasteiger partial charge in [0.25, 0.3) is 0 Å². The van der Waals surface area contributed by atoms with E-state index in [0.717, 1.165) is 20.6 Å². The third-order valence-electron chi connectivity index (χ3n) is 2.28. The molecule has 2 aromatic heterocycles. The molecule has 0 saturated heterocycles. The van der Waals surface area contributed by atoms with Gasteiger partial charge in [0, 0.05) is 16.2 Å². The molecular weight excluding hydrogens is 284 g/mol. The molecule has 0 fully saturated rings. The molecular formula is C12H7BrN2S. The van der Waals surface area contributed by atoms with E-state index in [2.05, 4.69) is 38.0 Å². The van der Waals surface area contributed by atoms with Crippen LogP contribution in [0, 0.1) is 0 Å². The first kappa shape index (κ1) is 9.93. The van der Waals surface area contributed by atoms with Gasteiger partial charge < -0.3 is 0 Å². The molecule has 2 heterocycles.